The quantitative estimate of drug-likeness (QED) is 0.531. The van der Waals surface area contributed by atoms with Crippen LogP contribution in [0.3, 0.4) is 0 Å². The fraction of sp³-hybridized carbons (Fsp3) is 0.250. The number of aliphatic carboxylic acids is 1. The van der Waals surface area contributed by atoms with Crippen LogP contribution in [-0.4, -0.2) is 32.4 Å². The average molecular weight is 398 g/mol. The smallest absolute Gasteiger partial charge is 0.321 e. The highest BCUT2D eigenvalue weighted by Gasteiger charge is 2.24. The third-order valence-corrected chi connectivity index (χ3v) is 4.61. The summed E-state index contributed by atoms with van der Waals surface area (Å²) in [5.41, 5.74) is 0.950. The van der Waals surface area contributed by atoms with Crippen molar-refractivity contribution in [1.82, 2.24) is 14.7 Å². The molecule has 0 fully saturated rings. The summed E-state index contributed by atoms with van der Waals surface area (Å²) in [6.07, 6.45) is 1.14. The molecule has 0 bridgehead atoms. The Morgan fingerprint density at radius 2 is 1.90 bits per heavy atom. The van der Waals surface area contributed by atoms with Gasteiger partial charge in [-0.05, 0) is 31.2 Å². The van der Waals surface area contributed by atoms with E-state index in [0.717, 1.165) is 0 Å². The first-order valence-electron chi connectivity index (χ1n) is 9.01. The molecule has 0 saturated carbocycles. The predicted octanol–water partition coefficient (Wildman–Crippen LogP) is 1.65. The number of furan rings is 1. The molecule has 152 valence electrons. The summed E-state index contributed by atoms with van der Waals surface area (Å²) in [5, 5.41) is 14.7. The van der Waals surface area contributed by atoms with Gasteiger partial charge in [0.25, 0.3) is 5.56 Å². The van der Waals surface area contributed by atoms with Gasteiger partial charge in [0.05, 0.1) is 30.6 Å². The third-order valence-electron chi connectivity index (χ3n) is 4.61. The second-order valence-corrected chi connectivity index (χ2v) is 6.54. The summed E-state index contributed by atoms with van der Waals surface area (Å²) in [6, 6.07) is 11.3. The first-order valence-corrected chi connectivity index (χ1v) is 9.01. The number of para-hydroxylation sites is 1. The van der Waals surface area contributed by atoms with Crippen LogP contribution in [0.15, 0.2) is 57.9 Å². The molecule has 3 rings (SSSR count). The fourth-order valence-corrected chi connectivity index (χ4v) is 2.97. The number of rotatable bonds is 8. The lowest BCUT2D eigenvalue weighted by Gasteiger charge is -2.13. The molecule has 9 heteroatoms. The highest BCUT2D eigenvalue weighted by atomic mass is 16.4. The molecule has 0 unspecified atom stereocenters. The maximum absolute atomic E-state index is 12.8. The summed E-state index contributed by atoms with van der Waals surface area (Å²) >= 11 is 0. The normalized spacial score (nSPS) is 11.9. The molecule has 9 nitrogen and oxygen atoms in total. The van der Waals surface area contributed by atoms with Crippen LogP contribution in [-0.2, 0) is 23.2 Å². The van der Waals surface area contributed by atoms with Gasteiger partial charge in [-0.15, -0.1) is 0 Å². The van der Waals surface area contributed by atoms with E-state index in [-0.39, 0.29) is 24.2 Å². The Labute approximate surface area is 166 Å². The van der Waals surface area contributed by atoms with Gasteiger partial charge in [-0.1, -0.05) is 18.2 Å². The predicted molar refractivity (Wildman–Crippen MR) is 106 cm³/mol. The van der Waals surface area contributed by atoms with E-state index in [1.807, 2.05) is 18.2 Å². The minimum atomic E-state index is -1.17. The molecule has 3 aromatic rings. The van der Waals surface area contributed by atoms with Crippen molar-refractivity contribution in [3.63, 3.8) is 0 Å². The van der Waals surface area contributed by atoms with Crippen molar-refractivity contribution in [3.8, 4) is 5.69 Å². The van der Waals surface area contributed by atoms with Gasteiger partial charge in [0.15, 0.2) is 0 Å². The zero-order valence-corrected chi connectivity index (χ0v) is 16.1. The number of amides is 1. The number of carbonyl (C=O) groups is 2. The first kappa shape index (κ1) is 20.2. The zero-order valence-electron chi connectivity index (χ0n) is 16.1. The first-order chi connectivity index (χ1) is 13.9. The number of carbonyl (C=O) groups excluding carboxylic acids is 1. The molecular weight excluding hydrogens is 376 g/mol. The van der Waals surface area contributed by atoms with Crippen molar-refractivity contribution in [2.75, 3.05) is 5.32 Å². The van der Waals surface area contributed by atoms with Crippen LogP contribution in [0.25, 0.3) is 5.69 Å². The molecule has 2 heterocycles. The fourth-order valence-electron chi connectivity index (χ4n) is 2.97. The molecule has 1 atom stereocenters. The van der Waals surface area contributed by atoms with E-state index in [4.69, 9.17) is 4.42 Å². The molecule has 29 heavy (non-hydrogen) atoms. The molecule has 0 radical (unpaired) electrons. The number of benzene rings is 1. The van der Waals surface area contributed by atoms with Crippen molar-refractivity contribution in [2.24, 2.45) is 7.05 Å². The highest BCUT2D eigenvalue weighted by molar-refractivity contribution is 5.94. The highest BCUT2D eigenvalue weighted by Crippen LogP contribution is 2.14. The van der Waals surface area contributed by atoms with Gasteiger partial charge >= 0.3 is 5.97 Å². The molecular formula is C20H22N4O5. The van der Waals surface area contributed by atoms with Gasteiger partial charge in [0.1, 0.15) is 17.5 Å². The van der Waals surface area contributed by atoms with Crippen molar-refractivity contribution in [3.05, 3.63) is 70.5 Å². The molecule has 3 N–H and O–H groups in total. The lowest BCUT2D eigenvalue weighted by Crippen LogP contribution is -2.39. The molecule has 0 aliphatic heterocycles. The van der Waals surface area contributed by atoms with Gasteiger partial charge < -0.3 is 14.8 Å². The minimum Gasteiger partial charge on any atom is -0.480 e. The van der Waals surface area contributed by atoms with Crippen molar-refractivity contribution in [1.29, 1.82) is 0 Å². The Bertz CT molecular complexity index is 1050. The summed E-state index contributed by atoms with van der Waals surface area (Å²) in [7, 11) is 1.71. The molecule has 0 aliphatic rings. The van der Waals surface area contributed by atoms with Crippen molar-refractivity contribution >= 4 is 17.6 Å². The minimum absolute atomic E-state index is 0.122. The zero-order chi connectivity index (χ0) is 21.0. The Balaban J connectivity index is 1.74. The number of nitrogens with zero attached hydrogens (tertiary/aromatic N) is 2. The molecule has 0 spiro atoms. The van der Waals surface area contributed by atoms with Gasteiger partial charge in [-0.2, -0.15) is 0 Å². The maximum atomic E-state index is 12.8. The van der Waals surface area contributed by atoms with Crippen molar-refractivity contribution < 1.29 is 19.1 Å². The second kappa shape index (κ2) is 8.61. The van der Waals surface area contributed by atoms with E-state index in [0.29, 0.717) is 17.1 Å². The van der Waals surface area contributed by atoms with E-state index < -0.39 is 17.9 Å². The summed E-state index contributed by atoms with van der Waals surface area (Å²) in [5.74, 6) is -1.19. The van der Waals surface area contributed by atoms with Gasteiger partial charge in [-0.3, -0.25) is 24.4 Å². The van der Waals surface area contributed by atoms with Crippen LogP contribution < -0.4 is 16.2 Å². The van der Waals surface area contributed by atoms with E-state index >= 15 is 0 Å². The Morgan fingerprint density at radius 3 is 2.52 bits per heavy atom. The summed E-state index contributed by atoms with van der Waals surface area (Å²) in [6.45, 7) is 1.88. The monoisotopic (exact) mass is 398 g/mol. The standard InChI is InChI=1S/C20H22N4O5/c1-13-18(19(26)24(23(13)2)14-7-4-3-5-8-14)22-17(25)11-16(20(27)28)21-12-15-9-6-10-29-15/h3-10,16,21H,11-12H2,1-2H3,(H,22,25)(H,27,28)/t16-/m0/s1. The maximum Gasteiger partial charge on any atom is 0.321 e. The number of anilines is 1. The Morgan fingerprint density at radius 1 is 1.17 bits per heavy atom. The number of nitrogens with one attached hydrogen (secondary N) is 2. The largest absolute Gasteiger partial charge is 0.480 e. The van der Waals surface area contributed by atoms with E-state index in [1.54, 1.807) is 42.9 Å². The van der Waals surface area contributed by atoms with Crippen LogP contribution in [0.2, 0.25) is 0 Å². The number of hydrogen-bond acceptors (Lipinski definition) is 5. The number of carboxylic acids is 1. The van der Waals surface area contributed by atoms with Gasteiger partial charge in [0, 0.05) is 7.05 Å². The van der Waals surface area contributed by atoms with Gasteiger partial charge in [-0.25, -0.2) is 4.68 Å². The van der Waals surface area contributed by atoms with Gasteiger partial charge in [0.2, 0.25) is 5.91 Å². The molecule has 0 saturated heterocycles. The number of hydrogen-bond donors (Lipinski definition) is 3. The van der Waals surface area contributed by atoms with Crippen LogP contribution in [0, 0.1) is 6.92 Å². The van der Waals surface area contributed by atoms with Crippen LogP contribution >= 0.6 is 0 Å². The van der Waals surface area contributed by atoms with Crippen LogP contribution in [0.5, 0.6) is 0 Å². The average Bonchev–Trinajstić information content (AvgIpc) is 3.29. The lowest BCUT2D eigenvalue weighted by atomic mass is 10.2. The summed E-state index contributed by atoms with van der Waals surface area (Å²) < 4.78 is 8.23. The van der Waals surface area contributed by atoms with Crippen molar-refractivity contribution in [2.45, 2.75) is 25.9 Å². The number of carboxylic acid groups (broad SMARTS) is 1. The van der Waals surface area contributed by atoms with Crippen LogP contribution in [0.4, 0.5) is 5.69 Å². The topological polar surface area (TPSA) is 119 Å². The van der Waals surface area contributed by atoms with E-state index in [9.17, 15) is 19.5 Å². The van der Waals surface area contributed by atoms with E-state index in [2.05, 4.69) is 10.6 Å². The molecule has 1 aromatic carbocycles. The molecule has 2 aromatic heterocycles. The van der Waals surface area contributed by atoms with Crippen LogP contribution in [0.1, 0.15) is 17.9 Å². The Kier molecular flexibility index (Phi) is 5.99. The molecule has 0 aliphatic carbocycles. The second-order valence-electron chi connectivity index (χ2n) is 6.54. The SMILES string of the molecule is Cc1c(NC(=O)C[C@H](NCc2ccco2)C(=O)O)c(=O)n(-c2ccccc2)n1C. The lowest BCUT2D eigenvalue weighted by molar-refractivity contribution is -0.141. The summed E-state index contributed by atoms with van der Waals surface area (Å²) in [4.78, 5) is 36.8. The number of aromatic nitrogens is 2. The Hall–Kier alpha value is -3.59. The molecule has 1 amide bonds. The van der Waals surface area contributed by atoms with E-state index in [1.165, 1.54) is 10.9 Å². The third kappa shape index (κ3) is 4.46.